The maximum Gasteiger partial charge on any atom is 0.255 e. The third-order valence-corrected chi connectivity index (χ3v) is 4.97. The molecule has 7 nitrogen and oxygen atoms in total. The highest BCUT2D eigenvalue weighted by Gasteiger charge is 2.22. The zero-order chi connectivity index (χ0) is 19.0. The largest absolute Gasteiger partial charge is 0.466 e. The van der Waals surface area contributed by atoms with Gasteiger partial charge < -0.3 is 20.0 Å². The van der Waals surface area contributed by atoms with E-state index in [0.717, 1.165) is 16.9 Å². The average Bonchev–Trinajstić information content (AvgIpc) is 3.13. The number of anilines is 1. The number of nitrogens with one attached hydrogen (secondary N) is 3. The highest BCUT2D eigenvalue weighted by Crippen LogP contribution is 2.35. The summed E-state index contributed by atoms with van der Waals surface area (Å²) in [4.78, 5) is 32.3. The summed E-state index contributed by atoms with van der Waals surface area (Å²) < 4.78 is 5.34. The van der Waals surface area contributed by atoms with Crippen molar-refractivity contribution in [2.75, 3.05) is 11.9 Å². The number of hydrogen-bond donors (Lipinski definition) is 3. The van der Waals surface area contributed by atoms with Crippen LogP contribution in [0.1, 0.15) is 52.9 Å². The second kappa shape index (κ2) is 6.90. The standard InChI is InChI=1S/C20H22N4O3/c1-11-8-15(12(2)27-11)20(26)21-10-18(25)22-14-6-7-16-17(9-14)24-19(23-16)13-4-3-5-13/h6-9,13H,3-5,10H2,1-2H3,(H,21,26)(H,22,25)(H,23,24). The van der Waals surface area contributed by atoms with E-state index in [0.29, 0.717) is 28.7 Å². The monoisotopic (exact) mass is 366 g/mol. The van der Waals surface area contributed by atoms with Gasteiger partial charge >= 0.3 is 0 Å². The van der Waals surface area contributed by atoms with Crippen molar-refractivity contribution in [2.24, 2.45) is 0 Å². The Balaban J connectivity index is 1.37. The topological polar surface area (TPSA) is 100 Å². The summed E-state index contributed by atoms with van der Waals surface area (Å²) in [7, 11) is 0. The molecule has 3 aromatic rings. The van der Waals surface area contributed by atoms with Gasteiger partial charge in [0.2, 0.25) is 5.91 Å². The van der Waals surface area contributed by atoms with Gasteiger partial charge in [0.15, 0.2) is 0 Å². The molecule has 0 bridgehead atoms. The SMILES string of the molecule is Cc1cc(C(=O)NCC(=O)Nc2ccc3nc(C4CCC4)[nH]c3c2)c(C)o1. The molecule has 140 valence electrons. The van der Waals surface area contributed by atoms with Crippen molar-refractivity contribution in [3.63, 3.8) is 0 Å². The molecule has 7 heteroatoms. The first-order valence-corrected chi connectivity index (χ1v) is 9.14. The van der Waals surface area contributed by atoms with Crippen LogP contribution in [0.5, 0.6) is 0 Å². The summed E-state index contributed by atoms with van der Waals surface area (Å²) in [5.74, 6) is 2.14. The molecule has 1 fully saturated rings. The molecule has 4 rings (SSSR count). The number of carbonyl (C=O) groups is 2. The molecule has 1 aliphatic carbocycles. The Labute approximate surface area is 156 Å². The van der Waals surface area contributed by atoms with E-state index in [1.54, 1.807) is 19.9 Å². The Hall–Kier alpha value is -3.09. The highest BCUT2D eigenvalue weighted by molar-refractivity contribution is 6.00. The Kier molecular flexibility index (Phi) is 4.43. The van der Waals surface area contributed by atoms with Gasteiger partial charge in [-0.2, -0.15) is 0 Å². The molecule has 1 aliphatic rings. The van der Waals surface area contributed by atoms with Gasteiger partial charge in [-0.05, 0) is 51.0 Å². The van der Waals surface area contributed by atoms with Crippen LogP contribution >= 0.6 is 0 Å². The summed E-state index contributed by atoms with van der Waals surface area (Å²) in [6, 6.07) is 7.24. The molecule has 2 heterocycles. The molecular weight excluding hydrogens is 344 g/mol. The second-order valence-electron chi connectivity index (χ2n) is 7.04. The van der Waals surface area contributed by atoms with E-state index in [1.807, 2.05) is 18.2 Å². The summed E-state index contributed by atoms with van der Waals surface area (Å²) in [6.45, 7) is 3.38. The molecule has 3 N–H and O–H groups in total. The van der Waals surface area contributed by atoms with E-state index in [4.69, 9.17) is 4.42 Å². The van der Waals surface area contributed by atoms with Crippen molar-refractivity contribution in [1.29, 1.82) is 0 Å². The predicted octanol–water partition coefficient (Wildman–Crippen LogP) is 3.41. The van der Waals surface area contributed by atoms with E-state index < -0.39 is 0 Å². The lowest BCUT2D eigenvalue weighted by atomic mass is 9.85. The molecule has 0 saturated heterocycles. The highest BCUT2D eigenvalue weighted by atomic mass is 16.3. The average molecular weight is 366 g/mol. The third kappa shape index (κ3) is 3.58. The third-order valence-electron chi connectivity index (χ3n) is 4.97. The number of amides is 2. The van der Waals surface area contributed by atoms with Crippen LogP contribution in [0.4, 0.5) is 5.69 Å². The van der Waals surface area contributed by atoms with Crippen LogP contribution in [0.25, 0.3) is 11.0 Å². The lowest BCUT2D eigenvalue weighted by Crippen LogP contribution is -2.32. The van der Waals surface area contributed by atoms with Crippen LogP contribution in [0.2, 0.25) is 0 Å². The number of aromatic nitrogens is 2. The Bertz CT molecular complexity index is 1010. The van der Waals surface area contributed by atoms with Gasteiger partial charge in [-0.3, -0.25) is 9.59 Å². The number of carbonyl (C=O) groups excluding carboxylic acids is 2. The van der Waals surface area contributed by atoms with Crippen molar-refractivity contribution < 1.29 is 14.0 Å². The number of hydrogen-bond acceptors (Lipinski definition) is 4. The fraction of sp³-hybridized carbons (Fsp3) is 0.350. The van der Waals surface area contributed by atoms with Gasteiger partial charge in [-0.1, -0.05) is 6.42 Å². The van der Waals surface area contributed by atoms with Gasteiger partial charge in [0, 0.05) is 11.6 Å². The van der Waals surface area contributed by atoms with Crippen molar-refractivity contribution in [3.05, 3.63) is 47.2 Å². The summed E-state index contributed by atoms with van der Waals surface area (Å²) in [6.07, 6.45) is 3.62. The zero-order valence-corrected chi connectivity index (χ0v) is 15.4. The quantitative estimate of drug-likeness (QED) is 0.644. The van der Waals surface area contributed by atoms with Crippen molar-refractivity contribution in [3.8, 4) is 0 Å². The van der Waals surface area contributed by atoms with Crippen LogP contribution < -0.4 is 10.6 Å². The summed E-state index contributed by atoms with van der Waals surface area (Å²) >= 11 is 0. The van der Waals surface area contributed by atoms with E-state index in [1.165, 1.54) is 19.3 Å². The summed E-state index contributed by atoms with van der Waals surface area (Å²) in [5, 5.41) is 5.42. The number of imidazole rings is 1. The second-order valence-corrected chi connectivity index (χ2v) is 7.04. The molecule has 1 aromatic carbocycles. The number of fused-ring (bicyclic) bond motifs is 1. The normalized spacial score (nSPS) is 14.1. The van der Waals surface area contributed by atoms with E-state index in [9.17, 15) is 9.59 Å². The van der Waals surface area contributed by atoms with Crippen LogP contribution in [0.3, 0.4) is 0 Å². The maximum atomic E-state index is 12.2. The van der Waals surface area contributed by atoms with Gasteiger partial charge in [-0.25, -0.2) is 4.98 Å². The van der Waals surface area contributed by atoms with Crippen LogP contribution in [-0.2, 0) is 4.79 Å². The fourth-order valence-electron chi connectivity index (χ4n) is 3.30. The van der Waals surface area contributed by atoms with E-state index in [-0.39, 0.29) is 18.4 Å². The molecule has 0 aliphatic heterocycles. The number of aryl methyl sites for hydroxylation is 2. The maximum absolute atomic E-state index is 12.2. The summed E-state index contributed by atoms with van der Waals surface area (Å²) in [5.41, 5.74) is 2.92. The van der Waals surface area contributed by atoms with Gasteiger partial charge in [0.05, 0.1) is 23.1 Å². The Morgan fingerprint density at radius 2 is 2.07 bits per heavy atom. The van der Waals surface area contributed by atoms with Crippen molar-refractivity contribution >= 4 is 28.5 Å². The number of furan rings is 1. The minimum atomic E-state index is -0.325. The molecule has 0 spiro atoms. The number of rotatable bonds is 5. The number of H-pyrrole nitrogens is 1. The first kappa shape index (κ1) is 17.3. The first-order chi connectivity index (χ1) is 13.0. The smallest absolute Gasteiger partial charge is 0.255 e. The predicted molar refractivity (Wildman–Crippen MR) is 102 cm³/mol. The van der Waals surface area contributed by atoms with Gasteiger partial charge in [0.1, 0.15) is 17.3 Å². The number of benzene rings is 1. The molecule has 0 atom stereocenters. The first-order valence-electron chi connectivity index (χ1n) is 9.14. The lowest BCUT2D eigenvalue weighted by Gasteiger charge is -2.22. The molecule has 2 amide bonds. The zero-order valence-electron chi connectivity index (χ0n) is 15.4. The van der Waals surface area contributed by atoms with Crippen LogP contribution in [-0.4, -0.2) is 28.3 Å². The Morgan fingerprint density at radius 1 is 1.26 bits per heavy atom. The number of nitrogens with zero attached hydrogens (tertiary/aromatic N) is 1. The lowest BCUT2D eigenvalue weighted by molar-refractivity contribution is -0.115. The minimum absolute atomic E-state index is 0.114. The molecule has 0 radical (unpaired) electrons. The molecule has 2 aromatic heterocycles. The molecule has 27 heavy (non-hydrogen) atoms. The van der Waals surface area contributed by atoms with Crippen LogP contribution in [0.15, 0.2) is 28.7 Å². The fourth-order valence-corrected chi connectivity index (χ4v) is 3.30. The van der Waals surface area contributed by atoms with Gasteiger partial charge in [0.25, 0.3) is 5.91 Å². The Morgan fingerprint density at radius 3 is 2.74 bits per heavy atom. The van der Waals surface area contributed by atoms with Gasteiger partial charge in [-0.15, -0.1) is 0 Å². The van der Waals surface area contributed by atoms with Crippen LogP contribution in [0, 0.1) is 13.8 Å². The number of aromatic amines is 1. The molecule has 0 unspecified atom stereocenters. The van der Waals surface area contributed by atoms with Crippen molar-refractivity contribution in [2.45, 2.75) is 39.0 Å². The minimum Gasteiger partial charge on any atom is -0.466 e. The molecule has 1 saturated carbocycles. The van der Waals surface area contributed by atoms with E-state index >= 15 is 0 Å². The van der Waals surface area contributed by atoms with Crippen molar-refractivity contribution in [1.82, 2.24) is 15.3 Å². The van der Waals surface area contributed by atoms with E-state index in [2.05, 4.69) is 20.6 Å². The molecular formula is C20H22N4O3.